The topological polar surface area (TPSA) is 44.1 Å². The number of benzene rings is 2. The third kappa shape index (κ3) is 3.82. The van der Waals surface area contributed by atoms with Crippen LogP contribution in [0.5, 0.6) is 5.88 Å². The molecular formula is C18H13Cl3N2O2. The molecule has 3 aromatic rings. The Balaban J connectivity index is 1.89. The first-order valence-electron chi connectivity index (χ1n) is 7.35. The number of hydrogen-bond donors (Lipinski definition) is 0. The van der Waals surface area contributed by atoms with E-state index in [1.54, 1.807) is 25.2 Å². The third-order valence-corrected chi connectivity index (χ3v) is 4.54. The normalized spacial score (nSPS) is 10.7. The van der Waals surface area contributed by atoms with Crippen molar-refractivity contribution in [1.82, 2.24) is 9.78 Å². The number of carbonyl (C=O) groups excluding carboxylic acids is 1. The lowest BCUT2D eigenvalue weighted by Crippen LogP contribution is -2.07. The molecule has 3 rings (SSSR count). The van der Waals surface area contributed by atoms with Gasteiger partial charge in [0.15, 0.2) is 0 Å². The molecule has 0 bridgehead atoms. The predicted octanol–water partition coefficient (Wildman–Crippen LogP) is 5.19. The van der Waals surface area contributed by atoms with Crippen LogP contribution in [0.3, 0.4) is 0 Å². The summed E-state index contributed by atoms with van der Waals surface area (Å²) >= 11 is 18.2. The summed E-state index contributed by atoms with van der Waals surface area (Å²) in [6.45, 7) is 0.216. The molecule has 0 unspecified atom stereocenters. The van der Waals surface area contributed by atoms with Gasteiger partial charge in [-0.25, -0.2) is 4.68 Å². The maximum atomic E-state index is 12.8. The lowest BCUT2D eigenvalue weighted by molar-refractivity contribution is 0.103. The van der Waals surface area contributed by atoms with Crippen LogP contribution in [-0.2, 0) is 13.7 Å². The molecule has 0 saturated heterocycles. The van der Waals surface area contributed by atoms with Crippen molar-refractivity contribution >= 4 is 40.6 Å². The second-order valence-electron chi connectivity index (χ2n) is 5.32. The van der Waals surface area contributed by atoms with Crippen molar-refractivity contribution in [2.75, 3.05) is 0 Å². The smallest absolute Gasteiger partial charge is 0.223 e. The summed E-state index contributed by atoms with van der Waals surface area (Å²) in [5, 5.41) is 5.45. The number of ether oxygens (including phenoxy) is 1. The van der Waals surface area contributed by atoms with E-state index in [4.69, 9.17) is 39.5 Å². The fraction of sp³-hybridized carbons (Fsp3) is 0.111. The third-order valence-electron chi connectivity index (χ3n) is 3.63. The second-order valence-corrected chi connectivity index (χ2v) is 6.57. The number of halogens is 3. The first-order chi connectivity index (χ1) is 12.0. The summed E-state index contributed by atoms with van der Waals surface area (Å²) in [5.41, 5.74) is 1.47. The number of rotatable bonds is 5. The predicted molar refractivity (Wildman–Crippen MR) is 98.9 cm³/mol. The number of aromatic nitrogens is 2. The minimum absolute atomic E-state index is 0.216. The first kappa shape index (κ1) is 17.8. The van der Waals surface area contributed by atoms with Gasteiger partial charge in [0, 0.05) is 28.2 Å². The lowest BCUT2D eigenvalue weighted by Gasteiger charge is -2.10. The standard InChI is InChI=1S/C18H13Cl3N2O2/c1-23-18(25-10-11-4-2-3-5-15(11)20)14(9-22-23)17(24)13-7-6-12(19)8-16(13)21/h2-9H,10H2,1H3. The van der Waals surface area contributed by atoms with Gasteiger partial charge >= 0.3 is 0 Å². The number of hydrogen-bond acceptors (Lipinski definition) is 3. The molecule has 0 radical (unpaired) electrons. The van der Waals surface area contributed by atoms with Crippen LogP contribution in [0.2, 0.25) is 15.1 Å². The van der Waals surface area contributed by atoms with Gasteiger partial charge in [0.2, 0.25) is 11.7 Å². The van der Waals surface area contributed by atoms with Gasteiger partial charge < -0.3 is 4.74 Å². The lowest BCUT2D eigenvalue weighted by atomic mass is 10.1. The van der Waals surface area contributed by atoms with Gasteiger partial charge in [0.05, 0.1) is 11.2 Å². The van der Waals surface area contributed by atoms with E-state index in [0.717, 1.165) is 5.56 Å². The molecular weight excluding hydrogens is 383 g/mol. The Morgan fingerprint density at radius 1 is 1.08 bits per heavy atom. The zero-order valence-corrected chi connectivity index (χ0v) is 15.4. The minimum atomic E-state index is -0.288. The molecule has 25 heavy (non-hydrogen) atoms. The molecule has 0 aliphatic heterocycles. The van der Waals surface area contributed by atoms with Gasteiger partial charge in [0.25, 0.3) is 0 Å². The molecule has 0 aliphatic rings. The van der Waals surface area contributed by atoms with E-state index in [1.807, 2.05) is 18.2 Å². The number of aryl methyl sites for hydroxylation is 1. The van der Waals surface area contributed by atoms with Crippen molar-refractivity contribution in [3.05, 3.63) is 80.4 Å². The van der Waals surface area contributed by atoms with Gasteiger partial charge in [-0.15, -0.1) is 0 Å². The quantitative estimate of drug-likeness (QED) is 0.558. The van der Waals surface area contributed by atoms with Crippen molar-refractivity contribution in [2.45, 2.75) is 6.61 Å². The summed E-state index contributed by atoms with van der Waals surface area (Å²) in [7, 11) is 1.70. The van der Waals surface area contributed by atoms with Gasteiger partial charge in [-0.3, -0.25) is 4.79 Å². The average Bonchev–Trinajstić information content (AvgIpc) is 2.94. The van der Waals surface area contributed by atoms with Crippen LogP contribution in [0.15, 0.2) is 48.7 Å². The molecule has 1 heterocycles. The highest BCUT2D eigenvalue weighted by Crippen LogP contribution is 2.28. The highest BCUT2D eigenvalue weighted by atomic mass is 35.5. The molecule has 0 saturated carbocycles. The molecule has 4 nitrogen and oxygen atoms in total. The Bertz CT molecular complexity index is 938. The fourth-order valence-corrected chi connectivity index (χ4v) is 3.02. The summed E-state index contributed by atoms with van der Waals surface area (Å²) in [5.74, 6) is 0.0554. The Labute approximate surface area is 159 Å². The van der Waals surface area contributed by atoms with Crippen LogP contribution >= 0.6 is 34.8 Å². The van der Waals surface area contributed by atoms with Crippen LogP contribution < -0.4 is 4.74 Å². The van der Waals surface area contributed by atoms with E-state index in [9.17, 15) is 4.79 Å². The molecule has 128 valence electrons. The Hall–Kier alpha value is -2.01. The molecule has 7 heteroatoms. The number of ketones is 1. The van der Waals surface area contributed by atoms with E-state index in [2.05, 4.69) is 5.10 Å². The van der Waals surface area contributed by atoms with Crippen LogP contribution in [0.25, 0.3) is 0 Å². The van der Waals surface area contributed by atoms with E-state index in [-0.39, 0.29) is 17.4 Å². The summed E-state index contributed by atoms with van der Waals surface area (Å²) in [4.78, 5) is 12.8. The Morgan fingerprint density at radius 2 is 1.84 bits per heavy atom. The minimum Gasteiger partial charge on any atom is -0.472 e. The first-order valence-corrected chi connectivity index (χ1v) is 8.48. The molecule has 0 aliphatic carbocycles. The largest absolute Gasteiger partial charge is 0.472 e. The maximum absolute atomic E-state index is 12.8. The molecule has 0 atom stereocenters. The van der Waals surface area contributed by atoms with Gasteiger partial charge in [-0.05, 0) is 24.3 Å². The molecule has 0 spiro atoms. The van der Waals surface area contributed by atoms with Crippen molar-refractivity contribution in [3.8, 4) is 5.88 Å². The molecule has 0 amide bonds. The van der Waals surface area contributed by atoms with Crippen molar-refractivity contribution in [3.63, 3.8) is 0 Å². The maximum Gasteiger partial charge on any atom is 0.223 e. The van der Waals surface area contributed by atoms with E-state index in [0.29, 0.717) is 27.1 Å². The van der Waals surface area contributed by atoms with E-state index >= 15 is 0 Å². The summed E-state index contributed by atoms with van der Waals surface area (Å²) < 4.78 is 7.30. The molecule has 0 N–H and O–H groups in total. The Kier molecular flexibility index (Phi) is 5.33. The second kappa shape index (κ2) is 7.48. The molecule has 1 aromatic heterocycles. The van der Waals surface area contributed by atoms with Crippen LogP contribution in [0.4, 0.5) is 0 Å². The number of carbonyl (C=O) groups is 1. The monoisotopic (exact) mass is 394 g/mol. The van der Waals surface area contributed by atoms with Gasteiger partial charge in [0.1, 0.15) is 12.2 Å². The van der Waals surface area contributed by atoms with Gasteiger partial charge in [-0.1, -0.05) is 53.0 Å². The summed E-state index contributed by atoms with van der Waals surface area (Å²) in [6.07, 6.45) is 1.45. The van der Waals surface area contributed by atoms with Gasteiger partial charge in [-0.2, -0.15) is 5.10 Å². The Morgan fingerprint density at radius 3 is 2.56 bits per heavy atom. The molecule has 2 aromatic carbocycles. The molecule has 0 fully saturated rings. The zero-order chi connectivity index (χ0) is 18.0. The fourth-order valence-electron chi connectivity index (χ4n) is 2.33. The van der Waals surface area contributed by atoms with Crippen LogP contribution in [-0.4, -0.2) is 15.6 Å². The van der Waals surface area contributed by atoms with Crippen LogP contribution in [0, 0.1) is 0 Å². The average molecular weight is 396 g/mol. The highest BCUT2D eigenvalue weighted by Gasteiger charge is 2.21. The van der Waals surface area contributed by atoms with Crippen molar-refractivity contribution in [2.24, 2.45) is 7.05 Å². The highest BCUT2D eigenvalue weighted by molar-refractivity contribution is 6.37. The van der Waals surface area contributed by atoms with Crippen molar-refractivity contribution in [1.29, 1.82) is 0 Å². The number of nitrogens with zero attached hydrogens (tertiary/aromatic N) is 2. The van der Waals surface area contributed by atoms with E-state index < -0.39 is 0 Å². The van der Waals surface area contributed by atoms with E-state index in [1.165, 1.54) is 16.9 Å². The van der Waals surface area contributed by atoms with Crippen LogP contribution in [0.1, 0.15) is 21.5 Å². The summed E-state index contributed by atoms with van der Waals surface area (Å²) in [6, 6.07) is 12.1. The van der Waals surface area contributed by atoms with Crippen molar-refractivity contribution < 1.29 is 9.53 Å². The SMILES string of the molecule is Cn1ncc(C(=O)c2ccc(Cl)cc2Cl)c1OCc1ccccc1Cl. The zero-order valence-electron chi connectivity index (χ0n) is 13.2.